The number of ether oxygens (including phenoxy) is 1. The maximum Gasteiger partial charge on any atom is 0.136 e. The molecule has 1 aliphatic carbocycles. The summed E-state index contributed by atoms with van der Waals surface area (Å²) >= 11 is 0. The van der Waals surface area contributed by atoms with Crippen molar-refractivity contribution in [3.8, 4) is 0 Å². The van der Waals surface area contributed by atoms with Crippen LogP contribution in [0, 0.1) is 12.3 Å². The lowest BCUT2D eigenvalue weighted by molar-refractivity contribution is 0.0299. The predicted molar refractivity (Wildman–Crippen MR) is 84.9 cm³/mol. The van der Waals surface area contributed by atoms with Crippen LogP contribution in [-0.4, -0.2) is 36.8 Å². The molecule has 2 aliphatic rings. The lowest BCUT2D eigenvalue weighted by Gasteiger charge is -2.34. The zero-order valence-electron chi connectivity index (χ0n) is 13.3. The standard InChI is InChI=1S/C16H26N4O/c1-11-13(17-3)19-15(12-4-5-12)20-14(11)18-10-16(2)6-8-21-9-7-16/h12H,4-10H2,1-3H3,(H2,17,18,19,20). The van der Waals surface area contributed by atoms with E-state index < -0.39 is 0 Å². The Morgan fingerprint density at radius 2 is 1.86 bits per heavy atom. The number of hydrogen-bond donors (Lipinski definition) is 2. The Morgan fingerprint density at radius 1 is 1.19 bits per heavy atom. The summed E-state index contributed by atoms with van der Waals surface area (Å²) in [6.07, 6.45) is 4.67. The fourth-order valence-corrected chi connectivity index (χ4v) is 2.81. The topological polar surface area (TPSA) is 59.1 Å². The summed E-state index contributed by atoms with van der Waals surface area (Å²) in [5.41, 5.74) is 1.41. The molecule has 0 unspecified atom stereocenters. The summed E-state index contributed by atoms with van der Waals surface area (Å²) in [5, 5.41) is 6.77. The van der Waals surface area contributed by atoms with Gasteiger partial charge in [0, 0.05) is 38.3 Å². The van der Waals surface area contributed by atoms with Crippen LogP contribution in [-0.2, 0) is 4.74 Å². The lowest BCUT2D eigenvalue weighted by Crippen LogP contribution is -2.33. The van der Waals surface area contributed by atoms with Crippen LogP contribution in [0.3, 0.4) is 0 Å². The van der Waals surface area contributed by atoms with Crippen LogP contribution in [0.25, 0.3) is 0 Å². The molecule has 2 N–H and O–H groups in total. The van der Waals surface area contributed by atoms with Gasteiger partial charge in [0.1, 0.15) is 17.5 Å². The highest BCUT2D eigenvalue weighted by molar-refractivity contribution is 5.57. The van der Waals surface area contributed by atoms with Gasteiger partial charge >= 0.3 is 0 Å². The first-order chi connectivity index (χ1) is 10.1. The smallest absolute Gasteiger partial charge is 0.136 e. The Labute approximate surface area is 126 Å². The summed E-state index contributed by atoms with van der Waals surface area (Å²) in [6, 6.07) is 0. The van der Waals surface area contributed by atoms with E-state index in [1.54, 1.807) is 0 Å². The van der Waals surface area contributed by atoms with Gasteiger partial charge in [-0.05, 0) is 38.0 Å². The molecule has 1 aromatic rings. The van der Waals surface area contributed by atoms with Crippen LogP contribution in [0.2, 0.25) is 0 Å². The highest BCUT2D eigenvalue weighted by Gasteiger charge is 2.30. The molecule has 0 atom stereocenters. The summed E-state index contributed by atoms with van der Waals surface area (Å²) in [7, 11) is 1.93. The molecule has 0 radical (unpaired) electrons. The second kappa shape index (κ2) is 5.79. The van der Waals surface area contributed by atoms with Crippen molar-refractivity contribution in [2.45, 2.75) is 45.4 Å². The van der Waals surface area contributed by atoms with Crippen molar-refractivity contribution in [3.63, 3.8) is 0 Å². The first-order valence-electron chi connectivity index (χ1n) is 7.99. The van der Waals surface area contributed by atoms with Gasteiger partial charge in [0.2, 0.25) is 0 Å². The third-order valence-corrected chi connectivity index (χ3v) is 4.72. The first-order valence-corrected chi connectivity index (χ1v) is 7.99. The van der Waals surface area contributed by atoms with E-state index >= 15 is 0 Å². The fourth-order valence-electron chi connectivity index (χ4n) is 2.81. The number of aromatic nitrogens is 2. The Morgan fingerprint density at radius 3 is 2.48 bits per heavy atom. The molecule has 5 nitrogen and oxygen atoms in total. The van der Waals surface area contributed by atoms with Gasteiger partial charge in [0.05, 0.1) is 0 Å². The summed E-state index contributed by atoms with van der Waals surface area (Å²) in [5.74, 6) is 3.50. The zero-order valence-corrected chi connectivity index (χ0v) is 13.3. The Kier molecular flexibility index (Phi) is 4.02. The van der Waals surface area contributed by atoms with Crippen molar-refractivity contribution in [1.82, 2.24) is 9.97 Å². The highest BCUT2D eigenvalue weighted by atomic mass is 16.5. The van der Waals surface area contributed by atoms with Crippen molar-refractivity contribution < 1.29 is 4.74 Å². The molecule has 2 heterocycles. The number of anilines is 2. The SMILES string of the molecule is CNc1nc(C2CC2)nc(NCC2(C)CCOCC2)c1C. The number of nitrogens with one attached hydrogen (secondary N) is 2. The van der Waals surface area contributed by atoms with E-state index in [4.69, 9.17) is 9.72 Å². The van der Waals surface area contributed by atoms with Crippen molar-refractivity contribution in [2.24, 2.45) is 5.41 Å². The molecule has 0 bridgehead atoms. The third-order valence-electron chi connectivity index (χ3n) is 4.72. The molecular weight excluding hydrogens is 264 g/mol. The Hall–Kier alpha value is -1.36. The minimum Gasteiger partial charge on any atom is -0.381 e. The lowest BCUT2D eigenvalue weighted by atomic mass is 9.82. The van der Waals surface area contributed by atoms with Gasteiger partial charge in [-0.25, -0.2) is 9.97 Å². The van der Waals surface area contributed by atoms with Crippen LogP contribution in [0.15, 0.2) is 0 Å². The second-order valence-corrected chi connectivity index (χ2v) is 6.70. The molecule has 21 heavy (non-hydrogen) atoms. The molecule has 1 saturated carbocycles. The minimum atomic E-state index is 0.301. The molecule has 1 aliphatic heterocycles. The average molecular weight is 290 g/mol. The molecule has 0 aromatic carbocycles. The zero-order chi connectivity index (χ0) is 14.9. The van der Waals surface area contributed by atoms with Crippen molar-refractivity contribution >= 4 is 11.6 Å². The van der Waals surface area contributed by atoms with E-state index in [2.05, 4.69) is 29.5 Å². The molecule has 1 saturated heterocycles. The second-order valence-electron chi connectivity index (χ2n) is 6.70. The molecule has 116 valence electrons. The molecule has 0 spiro atoms. The number of hydrogen-bond acceptors (Lipinski definition) is 5. The van der Waals surface area contributed by atoms with E-state index in [1.807, 2.05) is 7.05 Å². The van der Waals surface area contributed by atoms with Gasteiger partial charge in [-0.1, -0.05) is 6.92 Å². The summed E-state index contributed by atoms with van der Waals surface area (Å²) in [4.78, 5) is 9.41. The van der Waals surface area contributed by atoms with E-state index in [-0.39, 0.29) is 0 Å². The fraction of sp³-hybridized carbons (Fsp3) is 0.750. The predicted octanol–water partition coefficient (Wildman–Crippen LogP) is 2.93. The van der Waals surface area contributed by atoms with Gasteiger partial charge in [0.25, 0.3) is 0 Å². The molecule has 1 aromatic heterocycles. The van der Waals surface area contributed by atoms with Crippen LogP contribution in [0.1, 0.15) is 49.9 Å². The van der Waals surface area contributed by atoms with Crippen LogP contribution in [0.5, 0.6) is 0 Å². The Balaban J connectivity index is 1.75. The molecule has 0 amide bonds. The normalized spacial score (nSPS) is 21.1. The average Bonchev–Trinajstić information content (AvgIpc) is 3.32. The van der Waals surface area contributed by atoms with E-state index in [9.17, 15) is 0 Å². The van der Waals surface area contributed by atoms with E-state index in [1.165, 1.54) is 12.8 Å². The molecule has 5 heteroatoms. The van der Waals surface area contributed by atoms with Crippen molar-refractivity contribution in [2.75, 3.05) is 37.4 Å². The number of nitrogens with zero attached hydrogens (tertiary/aromatic N) is 2. The van der Waals surface area contributed by atoms with Gasteiger partial charge in [0.15, 0.2) is 0 Å². The van der Waals surface area contributed by atoms with E-state index in [0.29, 0.717) is 11.3 Å². The largest absolute Gasteiger partial charge is 0.381 e. The molecule has 3 rings (SSSR count). The maximum atomic E-state index is 5.47. The minimum absolute atomic E-state index is 0.301. The maximum absolute atomic E-state index is 5.47. The summed E-state index contributed by atoms with van der Waals surface area (Å²) in [6.45, 7) is 7.10. The van der Waals surface area contributed by atoms with Crippen molar-refractivity contribution in [1.29, 1.82) is 0 Å². The summed E-state index contributed by atoms with van der Waals surface area (Å²) < 4.78 is 5.47. The van der Waals surface area contributed by atoms with Gasteiger partial charge < -0.3 is 15.4 Å². The quantitative estimate of drug-likeness (QED) is 0.873. The number of rotatable bonds is 5. The Bertz CT molecular complexity index is 507. The van der Waals surface area contributed by atoms with Crippen LogP contribution in [0.4, 0.5) is 11.6 Å². The van der Waals surface area contributed by atoms with Crippen molar-refractivity contribution in [3.05, 3.63) is 11.4 Å². The highest BCUT2D eigenvalue weighted by Crippen LogP contribution is 2.39. The first kappa shape index (κ1) is 14.6. The van der Waals surface area contributed by atoms with Crippen LogP contribution < -0.4 is 10.6 Å². The van der Waals surface area contributed by atoms with Crippen LogP contribution >= 0.6 is 0 Å². The molecule has 2 fully saturated rings. The van der Waals surface area contributed by atoms with E-state index in [0.717, 1.165) is 55.6 Å². The van der Waals surface area contributed by atoms with Gasteiger partial charge in [-0.15, -0.1) is 0 Å². The monoisotopic (exact) mass is 290 g/mol. The van der Waals surface area contributed by atoms with Gasteiger partial charge in [-0.3, -0.25) is 0 Å². The molecular formula is C16H26N4O. The third kappa shape index (κ3) is 3.28. The van der Waals surface area contributed by atoms with Gasteiger partial charge in [-0.2, -0.15) is 0 Å².